The SMILES string of the molecule is C[C@H](c1ccccc1)[C@H](CO)NCc1cnc(-c2ccccn2)s1. The van der Waals surface area contributed by atoms with Crippen LogP contribution < -0.4 is 5.32 Å². The van der Waals surface area contributed by atoms with Crippen LogP contribution in [0.5, 0.6) is 0 Å². The van der Waals surface area contributed by atoms with Gasteiger partial charge in [0.1, 0.15) is 5.01 Å². The first-order valence-corrected chi connectivity index (χ1v) is 8.85. The Hall–Kier alpha value is -2.08. The standard InChI is InChI=1S/C19H21N3OS/c1-14(15-7-3-2-4-8-15)18(13-23)21-11-16-12-22-19(24-16)17-9-5-6-10-20-17/h2-10,12,14,18,21,23H,11,13H2,1H3/t14-,18+/m1/s1. The molecule has 0 saturated heterocycles. The molecule has 0 aliphatic carbocycles. The lowest BCUT2D eigenvalue weighted by atomic mass is 9.94. The highest BCUT2D eigenvalue weighted by atomic mass is 32.1. The minimum absolute atomic E-state index is 0.00722. The van der Waals surface area contributed by atoms with Crippen molar-refractivity contribution in [3.63, 3.8) is 0 Å². The topological polar surface area (TPSA) is 58.0 Å². The minimum Gasteiger partial charge on any atom is -0.395 e. The second kappa shape index (κ2) is 8.15. The predicted molar refractivity (Wildman–Crippen MR) is 97.9 cm³/mol. The molecule has 0 fully saturated rings. The number of pyridine rings is 1. The summed E-state index contributed by atoms with van der Waals surface area (Å²) in [5.74, 6) is 0.236. The molecule has 3 aromatic rings. The summed E-state index contributed by atoms with van der Waals surface area (Å²) in [5.41, 5.74) is 2.12. The third-order valence-electron chi connectivity index (χ3n) is 4.10. The first-order valence-electron chi connectivity index (χ1n) is 8.03. The Morgan fingerprint density at radius 1 is 1.08 bits per heavy atom. The summed E-state index contributed by atoms with van der Waals surface area (Å²) in [7, 11) is 0. The Morgan fingerprint density at radius 3 is 2.58 bits per heavy atom. The summed E-state index contributed by atoms with van der Waals surface area (Å²) in [5, 5.41) is 14.1. The molecule has 4 nitrogen and oxygen atoms in total. The van der Waals surface area contributed by atoms with Gasteiger partial charge in [-0.25, -0.2) is 4.98 Å². The van der Waals surface area contributed by atoms with Gasteiger partial charge in [-0.15, -0.1) is 11.3 Å². The molecule has 2 aromatic heterocycles. The predicted octanol–water partition coefficient (Wildman–Crippen LogP) is 3.46. The summed E-state index contributed by atoms with van der Waals surface area (Å²) < 4.78 is 0. The van der Waals surface area contributed by atoms with Crippen LogP contribution >= 0.6 is 11.3 Å². The van der Waals surface area contributed by atoms with Gasteiger partial charge in [-0.05, 0) is 23.6 Å². The van der Waals surface area contributed by atoms with Gasteiger partial charge in [-0.3, -0.25) is 4.98 Å². The van der Waals surface area contributed by atoms with Crippen LogP contribution in [-0.4, -0.2) is 27.7 Å². The average Bonchev–Trinajstić information content (AvgIpc) is 3.12. The molecular formula is C19H21N3OS. The first-order chi connectivity index (χ1) is 11.8. The van der Waals surface area contributed by atoms with Gasteiger partial charge in [0.25, 0.3) is 0 Å². The van der Waals surface area contributed by atoms with Crippen LogP contribution in [0.1, 0.15) is 23.3 Å². The van der Waals surface area contributed by atoms with E-state index < -0.39 is 0 Å². The Kier molecular flexibility index (Phi) is 5.69. The van der Waals surface area contributed by atoms with E-state index in [0.29, 0.717) is 6.54 Å². The Balaban J connectivity index is 1.63. The number of hydrogen-bond donors (Lipinski definition) is 2. The van der Waals surface area contributed by atoms with E-state index >= 15 is 0 Å². The molecule has 1 aromatic carbocycles. The number of aliphatic hydroxyl groups is 1. The van der Waals surface area contributed by atoms with E-state index in [4.69, 9.17) is 0 Å². The van der Waals surface area contributed by atoms with Crippen molar-refractivity contribution in [1.82, 2.24) is 15.3 Å². The zero-order chi connectivity index (χ0) is 16.8. The quantitative estimate of drug-likeness (QED) is 0.692. The van der Waals surface area contributed by atoms with E-state index in [0.717, 1.165) is 15.6 Å². The van der Waals surface area contributed by atoms with E-state index in [1.165, 1.54) is 5.56 Å². The third-order valence-corrected chi connectivity index (χ3v) is 5.12. The van der Waals surface area contributed by atoms with Gasteiger partial charge in [0.2, 0.25) is 0 Å². The van der Waals surface area contributed by atoms with Gasteiger partial charge in [0, 0.05) is 29.9 Å². The average molecular weight is 339 g/mol. The van der Waals surface area contributed by atoms with Crippen molar-refractivity contribution in [3.8, 4) is 10.7 Å². The number of aliphatic hydroxyl groups excluding tert-OH is 1. The maximum Gasteiger partial charge on any atom is 0.142 e. The van der Waals surface area contributed by atoms with E-state index in [1.54, 1.807) is 17.5 Å². The van der Waals surface area contributed by atoms with Gasteiger partial charge >= 0.3 is 0 Å². The molecule has 0 saturated carbocycles. The molecule has 0 spiro atoms. The molecule has 0 amide bonds. The van der Waals surface area contributed by atoms with Gasteiger partial charge in [0.15, 0.2) is 0 Å². The lowest BCUT2D eigenvalue weighted by molar-refractivity contribution is 0.226. The Labute approximate surface area is 146 Å². The molecule has 2 heterocycles. The maximum atomic E-state index is 9.73. The van der Waals surface area contributed by atoms with E-state index in [-0.39, 0.29) is 18.6 Å². The summed E-state index contributed by atoms with van der Waals surface area (Å²) in [4.78, 5) is 9.91. The minimum atomic E-state index is 0.00722. The Morgan fingerprint density at radius 2 is 1.88 bits per heavy atom. The number of thiazole rings is 1. The van der Waals surface area contributed by atoms with Crippen LogP contribution in [0.3, 0.4) is 0 Å². The monoisotopic (exact) mass is 339 g/mol. The van der Waals surface area contributed by atoms with Gasteiger partial charge < -0.3 is 10.4 Å². The van der Waals surface area contributed by atoms with Crippen molar-refractivity contribution >= 4 is 11.3 Å². The molecule has 2 atom stereocenters. The second-order valence-electron chi connectivity index (χ2n) is 5.72. The third kappa shape index (κ3) is 4.06. The van der Waals surface area contributed by atoms with Gasteiger partial charge in [-0.2, -0.15) is 0 Å². The lowest BCUT2D eigenvalue weighted by Crippen LogP contribution is -2.36. The largest absolute Gasteiger partial charge is 0.395 e. The number of nitrogens with zero attached hydrogens (tertiary/aromatic N) is 2. The molecule has 0 bridgehead atoms. The molecule has 0 aliphatic heterocycles. The van der Waals surface area contributed by atoms with Crippen molar-refractivity contribution in [2.45, 2.75) is 25.4 Å². The smallest absolute Gasteiger partial charge is 0.142 e. The van der Waals surface area contributed by atoms with Gasteiger partial charge in [-0.1, -0.05) is 43.3 Å². The fraction of sp³-hybridized carbons (Fsp3) is 0.263. The molecule has 24 heavy (non-hydrogen) atoms. The zero-order valence-electron chi connectivity index (χ0n) is 13.6. The molecule has 2 N–H and O–H groups in total. The van der Waals surface area contributed by atoms with Crippen molar-refractivity contribution in [2.24, 2.45) is 0 Å². The number of nitrogens with one attached hydrogen (secondary N) is 1. The maximum absolute atomic E-state index is 9.73. The number of aromatic nitrogens is 2. The van der Waals surface area contributed by atoms with Crippen molar-refractivity contribution in [2.75, 3.05) is 6.61 Å². The lowest BCUT2D eigenvalue weighted by Gasteiger charge is -2.23. The highest BCUT2D eigenvalue weighted by molar-refractivity contribution is 7.14. The van der Waals surface area contributed by atoms with Crippen molar-refractivity contribution in [1.29, 1.82) is 0 Å². The number of rotatable bonds is 7. The second-order valence-corrected chi connectivity index (χ2v) is 6.83. The molecule has 124 valence electrons. The summed E-state index contributed by atoms with van der Waals surface area (Å²) in [6.07, 6.45) is 3.65. The van der Waals surface area contributed by atoms with E-state index in [1.807, 2.05) is 42.6 Å². The molecule has 0 aliphatic rings. The van der Waals surface area contributed by atoms with Crippen LogP contribution in [0.4, 0.5) is 0 Å². The highest BCUT2D eigenvalue weighted by Crippen LogP contribution is 2.24. The van der Waals surface area contributed by atoms with E-state index in [2.05, 4.69) is 34.3 Å². The van der Waals surface area contributed by atoms with Crippen molar-refractivity contribution < 1.29 is 5.11 Å². The fourth-order valence-electron chi connectivity index (χ4n) is 2.62. The zero-order valence-corrected chi connectivity index (χ0v) is 14.4. The molecule has 3 rings (SSSR count). The van der Waals surface area contributed by atoms with Crippen LogP contribution in [0, 0.1) is 0 Å². The summed E-state index contributed by atoms with van der Waals surface area (Å²) >= 11 is 1.63. The number of hydrogen-bond acceptors (Lipinski definition) is 5. The molecule has 0 unspecified atom stereocenters. The van der Waals surface area contributed by atoms with Gasteiger partial charge in [0.05, 0.1) is 12.3 Å². The van der Waals surface area contributed by atoms with Crippen LogP contribution in [0.15, 0.2) is 60.9 Å². The van der Waals surface area contributed by atoms with Crippen LogP contribution in [0.25, 0.3) is 10.7 Å². The van der Waals surface area contributed by atoms with E-state index in [9.17, 15) is 5.11 Å². The summed E-state index contributed by atoms with van der Waals surface area (Å²) in [6, 6.07) is 16.1. The highest BCUT2D eigenvalue weighted by Gasteiger charge is 2.18. The van der Waals surface area contributed by atoms with Crippen LogP contribution in [0.2, 0.25) is 0 Å². The van der Waals surface area contributed by atoms with Crippen molar-refractivity contribution in [3.05, 3.63) is 71.4 Å². The Bertz CT molecular complexity index is 746. The molecule has 5 heteroatoms. The van der Waals surface area contributed by atoms with Crippen LogP contribution in [-0.2, 0) is 6.54 Å². The summed E-state index contributed by atoms with van der Waals surface area (Å²) in [6.45, 7) is 2.92. The first kappa shape index (κ1) is 16.8. The number of benzene rings is 1. The molecular weight excluding hydrogens is 318 g/mol. The normalized spacial score (nSPS) is 13.6. The molecule has 0 radical (unpaired) electrons. The fourth-order valence-corrected chi connectivity index (χ4v) is 3.46.